The van der Waals surface area contributed by atoms with Crippen molar-refractivity contribution in [1.82, 2.24) is 5.32 Å². The van der Waals surface area contributed by atoms with Crippen LogP contribution in [-0.4, -0.2) is 104 Å². The van der Waals surface area contributed by atoms with E-state index in [0.29, 0.717) is 5.56 Å². The molecule has 1 aromatic rings. The van der Waals surface area contributed by atoms with E-state index in [9.17, 15) is 19.8 Å². The highest BCUT2D eigenvalue weighted by Gasteiger charge is 2.57. The monoisotopic (exact) mass is 685 g/mol. The van der Waals surface area contributed by atoms with Crippen molar-refractivity contribution in [1.29, 1.82) is 0 Å². The molecule has 4 rings (SSSR count). The molecular formula is C31H44BrNO11. The van der Waals surface area contributed by atoms with E-state index in [1.807, 2.05) is 27.7 Å². The highest BCUT2D eigenvalue weighted by Crippen LogP contribution is 2.44. The zero-order valence-corrected chi connectivity index (χ0v) is 27.6. The molecule has 3 fully saturated rings. The van der Waals surface area contributed by atoms with Crippen LogP contribution >= 0.6 is 15.9 Å². The van der Waals surface area contributed by atoms with E-state index in [-0.39, 0.29) is 38.3 Å². The Hall–Kier alpha value is -1.94. The van der Waals surface area contributed by atoms with E-state index in [1.54, 1.807) is 31.4 Å². The van der Waals surface area contributed by atoms with E-state index in [2.05, 4.69) is 27.8 Å². The molecule has 3 aliphatic heterocycles. The van der Waals surface area contributed by atoms with Crippen LogP contribution in [0.2, 0.25) is 0 Å². The quantitative estimate of drug-likeness (QED) is 0.246. The van der Waals surface area contributed by atoms with E-state index in [4.69, 9.17) is 33.2 Å². The summed E-state index contributed by atoms with van der Waals surface area (Å²) in [5, 5.41) is 24.8. The number of rotatable bonds is 10. The second kappa shape index (κ2) is 14.2. The summed E-state index contributed by atoms with van der Waals surface area (Å²) >= 11 is 3.33. The summed E-state index contributed by atoms with van der Waals surface area (Å²) in [5.74, 6) is -2.95. The third kappa shape index (κ3) is 7.21. The highest BCUT2D eigenvalue weighted by atomic mass is 79.9. The maximum atomic E-state index is 13.4. The van der Waals surface area contributed by atoms with Gasteiger partial charge in [0, 0.05) is 42.9 Å². The Balaban J connectivity index is 1.45. The maximum absolute atomic E-state index is 13.4. The molecule has 0 spiro atoms. The van der Waals surface area contributed by atoms with Crippen LogP contribution in [0.1, 0.15) is 50.9 Å². The number of carbonyl (C=O) groups is 2. The summed E-state index contributed by atoms with van der Waals surface area (Å²) in [6.45, 7) is 11.3. The number of aliphatic hydroxyl groups excluding tert-OH is 2. The predicted octanol–water partition coefficient (Wildman–Crippen LogP) is 2.69. The first-order valence-electron chi connectivity index (χ1n) is 14.6. The van der Waals surface area contributed by atoms with Crippen molar-refractivity contribution in [2.24, 2.45) is 11.3 Å². The third-order valence-corrected chi connectivity index (χ3v) is 9.57. The lowest BCUT2D eigenvalue weighted by molar-refractivity contribution is -0.333. The molecule has 3 heterocycles. The van der Waals surface area contributed by atoms with Crippen LogP contribution < -0.4 is 5.32 Å². The largest absolute Gasteiger partial charge is 0.459 e. The molecule has 0 aromatic heterocycles. The molecule has 3 saturated heterocycles. The summed E-state index contributed by atoms with van der Waals surface area (Å²) < 4.78 is 41.7. The molecule has 0 unspecified atom stereocenters. The average molecular weight is 687 g/mol. The highest BCUT2D eigenvalue weighted by molar-refractivity contribution is 9.10. The number of esters is 1. The number of benzene rings is 1. The van der Waals surface area contributed by atoms with Crippen LogP contribution in [0.4, 0.5) is 0 Å². The number of carbonyl (C=O) groups excluding carboxylic acids is 2. The Labute approximate surface area is 266 Å². The lowest BCUT2D eigenvalue weighted by Crippen LogP contribution is -2.69. The number of hydrogen-bond acceptors (Lipinski definition) is 11. The molecule has 1 amide bonds. The molecular weight excluding hydrogens is 642 g/mol. The normalized spacial score (nSPS) is 34.8. The number of fused-ring (bicyclic) bond motifs is 1. The van der Waals surface area contributed by atoms with Gasteiger partial charge in [0.25, 0.3) is 5.91 Å². The van der Waals surface area contributed by atoms with Gasteiger partial charge in [0.15, 0.2) is 12.3 Å². The van der Waals surface area contributed by atoms with Gasteiger partial charge in [0.2, 0.25) is 5.79 Å². The van der Waals surface area contributed by atoms with Crippen molar-refractivity contribution in [3.8, 4) is 0 Å². The number of halogens is 1. The van der Waals surface area contributed by atoms with Gasteiger partial charge in [-0.3, -0.25) is 4.79 Å². The summed E-state index contributed by atoms with van der Waals surface area (Å²) in [7, 11) is 2.92. The Bertz CT molecular complexity index is 1180. The second-order valence-corrected chi connectivity index (χ2v) is 13.2. The zero-order chi connectivity index (χ0) is 32.4. The Morgan fingerprint density at radius 2 is 1.82 bits per heavy atom. The van der Waals surface area contributed by atoms with E-state index < -0.39 is 65.9 Å². The molecule has 246 valence electrons. The zero-order valence-electron chi connectivity index (χ0n) is 26.0. The van der Waals surface area contributed by atoms with Crippen LogP contribution in [0, 0.1) is 11.3 Å². The van der Waals surface area contributed by atoms with Gasteiger partial charge in [-0.1, -0.05) is 48.9 Å². The fraction of sp³-hybridized carbons (Fsp3) is 0.677. The molecule has 0 bridgehead atoms. The number of nitrogens with one attached hydrogen (secondary N) is 1. The third-order valence-electron chi connectivity index (χ3n) is 9.04. The minimum Gasteiger partial charge on any atom is -0.459 e. The molecule has 13 heteroatoms. The van der Waals surface area contributed by atoms with Crippen molar-refractivity contribution in [2.75, 3.05) is 27.6 Å². The number of ether oxygens (including phenoxy) is 7. The minimum atomic E-state index is -1.71. The van der Waals surface area contributed by atoms with E-state index in [1.165, 1.54) is 7.11 Å². The topological polar surface area (TPSA) is 151 Å². The van der Waals surface area contributed by atoms with Crippen molar-refractivity contribution in [2.45, 2.75) is 95.3 Å². The molecule has 3 aliphatic rings. The van der Waals surface area contributed by atoms with Crippen LogP contribution in [0.15, 0.2) is 40.9 Å². The number of amides is 1. The van der Waals surface area contributed by atoms with Crippen molar-refractivity contribution in [3.63, 3.8) is 0 Å². The van der Waals surface area contributed by atoms with Gasteiger partial charge in [0.05, 0.1) is 30.0 Å². The van der Waals surface area contributed by atoms with Gasteiger partial charge in [-0.05, 0) is 31.2 Å². The van der Waals surface area contributed by atoms with Gasteiger partial charge >= 0.3 is 5.97 Å². The maximum Gasteiger partial charge on any atom is 0.338 e. The van der Waals surface area contributed by atoms with Gasteiger partial charge in [0.1, 0.15) is 25.6 Å². The van der Waals surface area contributed by atoms with E-state index >= 15 is 0 Å². The Morgan fingerprint density at radius 1 is 1.14 bits per heavy atom. The Morgan fingerprint density at radius 3 is 2.43 bits per heavy atom. The number of hydrogen-bond donors (Lipinski definition) is 3. The first-order chi connectivity index (χ1) is 20.7. The first kappa shape index (κ1) is 34.9. The fourth-order valence-electron chi connectivity index (χ4n) is 6.09. The van der Waals surface area contributed by atoms with Crippen molar-refractivity contribution < 1.29 is 53.0 Å². The number of aliphatic hydroxyl groups is 2. The Kier molecular flexibility index (Phi) is 11.3. The molecule has 1 aromatic carbocycles. The smallest absolute Gasteiger partial charge is 0.338 e. The molecule has 10 atom stereocenters. The molecule has 0 saturated carbocycles. The van der Waals surface area contributed by atoms with Crippen molar-refractivity contribution in [3.05, 3.63) is 46.5 Å². The summed E-state index contributed by atoms with van der Waals surface area (Å²) in [4.78, 5) is 25.9. The minimum absolute atomic E-state index is 0.0228. The summed E-state index contributed by atoms with van der Waals surface area (Å²) in [6, 6.07) is 6.70. The molecule has 0 radical (unpaired) electrons. The van der Waals surface area contributed by atoms with Crippen LogP contribution in [-0.2, 0) is 38.0 Å². The van der Waals surface area contributed by atoms with E-state index in [0.717, 1.165) is 10.0 Å². The average Bonchev–Trinajstić information content (AvgIpc) is 2.99. The number of methoxy groups -OCH3 is 2. The van der Waals surface area contributed by atoms with Gasteiger partial charge < -0.3 is 48.7 Å². The summed E-state index contributed by atoms with van der Waals surface area (Å²) in [6.07, 6.45) is -6.56. The van der Waals surface area contributed by atoms with Gasteiger partial charge in [-0.25, -0.2) is 4.79 Å². The fourth-order valence-corrected chi connectivity index (χ4v) is 6.35. The molecule has 12 nitrogen and oxygen atoms in total. The van der Waals surface area contributed by atoms with Crippen LogP contribution in [0.25, 0.3) is 0 Å². The van der Waals surface area contributed by atoms with Gasteiger partial charge in [-0.15, -0.1) is 0 Å². The summed E-state index contributed by atoms with van der Waals surface area (Å²) in [5.41, 5.74) is 0.488. The SMILES string of the molecule is C=C1C[C@](OC)([C@H](O)C(=O)N[C@H]2OCO[C@H]3[C@@H]2O[C@H](C[C@@H](O)COC(=O)c2ccc(Br)cc2)C(C)(C)[C@@H]3OC)O[C@H](C)[C@@H]1C. The van der Waals surface area contributed by atoms with Crippen LogP contribution in [0.5, 0.6) is 0 Å². The van der Waals surface area contributed by atoms with Gasteiger partial charge in [-0.2, -0.15) is 0 Å². The lowest BCUT2D eigenvalue weighted by Gasteiger charge is -2.54. The molecule has 44 heavy (non-hydrogen) atoms. The van der Waals surface area contributed by atoms with Crippen molar-refractivity contribution >= 4 is 27.8 Å². The van der Waals surface area contributed by atoms with Crippen LogP contribution in [0.3, 0.4) is 0 Å². The predicted molar refractivity (Wildman–Crippen MR) is 160 cm³/mol. The second-order valence-electron chi connectivity index (χ2n) is 12.3. The molecule has 3 N–H and O–H groups in total. The standard InChI is InChI=1S/C31H44BrNO11/c1-16-13-31(39-7,44-18(3)17(16)2)25(35)27(36)33-28-24-23(41-15-42-28)26(38-6)30(4,5)22(43-24)12-21(34)14-40-29(37)19-8-10-20(32)11-9-19/h8-11,17-18,21-26,28,34-35H,1,12-15H2,2-7H3,(H,33,36)/t17-,18-,21-,22-,23+,24+,25-,26-,28+,31-/m1/s1. The first-order valence-corrected chi connectivity index (χ1v) is 15.4. The lowest BCUT2D eigenvalue weighted by atomic mass is 9.72. The molecule has 0 aliphatic carbocycles.